The molecular weight excluding hydrogens is 300 g/mol. The molecule has 119 valence electrons. The van der Waals surface area contributed by atoms with Gasteiger partial charge in [0, 0.05) is 0 Å². The van der Waals surface area contributed by atoms with Crippen molar-refractivity contribution in [1.29, 1.82) is 0 Å². The van der Waals surface area contributed by atoms with Gasteiger partial charge in [-0.1, -0.05) is 54.7 Å². The van der Waals surface area contributed by atoms with E-state index in [1.54, 1.807) is 0 Å². The van der Waals surface area contributed by atoms with Crippen LogP contribution in [0.5, 0.6) is 0 Å². The van der Waals surface area contributed by atoms with Crippen molar-refractivity contribution in [2.75, 3.05) is 6.61 Å². The number of carbonyl (C=O) groups excluding carboxylic acids is 1. The van der Waals surface area contributed by atoms with E-state index in [0.717, 1.165) is 12.0 Å². The first-order valence-electron chi connectivity index (χ1n) is 7.88. The third kappa shape index (κ3) is 4.20. The number of benzene rings is 2. The maximum Gasteiger partial charge on any atom is 0.338 e. The van der Waals surface area contributed by atoms with Gasteiger partial charge in [0.25, 0.3) is 0 Å². The van der Waals surface area contributed by atoms with Crippen LogP contribution in [0.1, 0.15) is 22.8 Å². The Morgan fingerprint density at radius 2 is 1.87 bits per heavy atom. The predicted molar refractivity (Wildman–Crippen MR) is 98.9 cm³/mol. The molecular formula is C20H23O2Si. The zero-order valence-electron chi connectivity index (χ0n) is 14.1. The molecule has 0 saturated carbocycles. The van der Waals surface area contributed by atoms with E-state index in [4.69, 9.17) is 4.74 Å². The lowest BCUT2D eigenvalue weighted by Gasteiger charge is -2.14. The number of rotatable bonds is 6. The van der Waals surface area contributed by atoms with Gasteiger partial charge < -0.3 is 4.74 Å². The lowest BCUT2D eigenvalue weighted by atomic mass is 10.0. The van der Waals surface area contributed by atoms with Crippen molar-refractivity contribution >= 4 is 20.0 Å². The largest absolute Gasteiger partial charge is 0.462 e. The quantitative estimate of drug-likeness (QED) is 0.452. The van der Waals surface area contributed by atoms with Crippen LogP contribution in [0.3, 0.4) is 0 Å². The van der Waals surface area contributed by atoms with Crippen molar-refractivity contribution < 1.29 is 9.53 Å². The predicted octanol–water partition coefficient (Wildman–Crippen LogP) is 4.22. The van der Waals surface area contributed by atoms with Crippen LogP contribution in [0.25, 0.3) is 11.1 Å². The molecule has 0 heterocycles. The number of carbonyl (C=O) groups is 1. The van der Waals surface area contributed by atoms with Crippen molar-refractivity contribution in [3.05, 3.63) is 66.2 Å². The smallest absolute Gasteiger partial charge is 0.338 e. The van der Waals surface area contributed by atoms with Crippen molar-refractivity contribution in [2.45, 2.75) is 26.4 Å². The molecule has 2 aromatic rings. The summed E-state index contributed by atoms with van der Waals surface area (Å²) < 4.78 is 5.03. The average molecular weight is 323 g/mol. The number of ether oxygens (including phenoxy) is 1. The molecule has 0 N–H and O–H groups in total. The second-order valence-corrected chi connectivity index (χ2v) is 8.21. The molecule has 23 heavy (non-hydrogen) atoms. The molecule has 0 saturated heterocycles. The Bertz CT molecular complexity index is 687. The highest BCUT2D eigenvalue weighted by Gasteiger charge is 2.12. The minimum atomic E-state index is -0.589. The Balaban J connectivity index is 2.37. The molecule has 0 bridgehead atoms. The number of esters is 1. The summed E-state index contributed by atoms with van der Waals surface area (Å²) in [5, 5.41) is 1.42. The lowest BCUT2D eigenvalue weighted by Crippen LogP contribution is -2.25. The van der Waals surface area contributed by atoms with Gasteiger partial charge in [0.15, 0.2) is 0 Å². The van der Waals surface area contributed by atoms with Gasteiger partial charge in [0.2, 0.25) is 0 Å². The topological polar surface area (TPSA) is 26.3 Å². The van der Waals surface area contributed by atoms with Gasteiger partial charge in [-0.3, -0.25) is 0 Å². The molecule has 0 amide bonds. The van der Waals surface area contributed by atoms with E-state index < -0.39 is 8.80 Å². The number of hydrogen-bond donors (Lipinski definition) is 0. The molecule has 2 rings (SSSR count). The molecule has 3 heteroatoms. The second kappa shape index (κ2) is 7.93. The van der Waals surface area contributed by atoms with Crippen LogP contribution in [0.15, 0.2) is 55.1 Å². The molecule has 0 atom stereocenters. The van der Waals surface area contributed by atoms with Crippen molar-refractivity contribution in [3.63, 3.8) is 0 Å². The second-order valence-electron chi connectivity index (χ2n) is 5.67. The molecule has 2 nitrogen and oxygen atoms in total. The van der Waals surface area contributed by atoms with Crippen LogP contribution in [-0.4, -0.2) is 21.4 Å². The summed E-state index contributed by atoms with van der Waals surface area (Å²) in [5.74, 6) is -0.267. The summed E-state index contributed by atoms with van der Waals surface area (Å²) in [6.45, 7) is 10.6. The molecule has 2 aromatic carbocycles. The number of hydrogen-bond acceptors (Lipinski definition) is 2. The summed E-state index contributed by atoms with van der Waals surface area (Å²) >= 11 is 0. The molecule has 0 aromatic heterocycles. The fraction of sp³-hybridized carbons (Fsp3) is 0.250. The van der Waals surface area contributed by atoms with E-state index in [9.17, 15) is 4.79 Å². The van der Waals surface area contributed by atoms with E-state index in [-0.39, 0.29) is 5.97 Å². The SMILES string of the molecule is C=CCc1ccc(-c2ccc(C(=O)OCC)cc2)c([Si](C)C)c1. The van der Waals surface area contributed by atoms with Gasteiger partial charge in [-0.05, 0) is 42.2 Å². The van der Waals surface area contributed by atoms with Gasteiger partial charge >= 0.3 is 5.97 Å². The summed E-state index contributed by atoms with van der Waals surface area (Å²) in [7, 11) is -0.589. The molecule has 0 unspecified atom stereocenters. The Morgan fingerprint density at radius 3 is 2.43 bits per heavy atom. The molecule has 1 radical (unpaired) electrons. The summed E-state index contributed by atoms with van der Waals surface area (Å²) in [4.78, 5) is 11.8. The van der Waals surface area contributed by atoms with Crippen molar-refractivity contribution in [2.24, 2.45) is 0 Å². The van der Waals surface area contributed by atoms with Gasteiger partial charge in [-0.2, -0.15) is 0 Å². The fourth-order valence-corrected chi connectivity index (χ4v) is 3.79. The highest BCUT2D eigenvalue weighted by atomic mass is 28.3. The third-order valence-corrected chi connectivity index (χ3v) is 5.20. The van der Waals surface area contributed by atoms with Gasteiger partial charge in [-0.25, -0.2) is 4.79 Å². The average Bonchev–Trinajstić information content (AvgIpc) is 2.55. The Kier molecular flexibility index (Phi) is 5.94. The van der Waals surface area contributed by atoms with Crippen molar-refractivity contribution in [1.82, 2.24) is 0 Å². The molecule has 0 aliphatic heterocycles. The van der Waals surface area contributed by atoms with Crippen LogP contribution in [0, 0.1) is 0 Å². The molecule has 0 spiro atoms. The maximum atomic E-state index is 11.8. The maximum absolute atomic E-state index is 11.8. The number of allylic oxidation sites excluding steroid dienone is 1. The zero-order chi connectivity index (χ0) is 16.8. The van der Waals surface area contributed by atoms with E-state index >= 15 is 0 Å². The minimum Gasteiger partial charge on any atom is -0.462 e. The van der Waals surface area contributed by atoms with Crippen LogP contribution in [0.4, 0.5) is 0 Å². The monoisotopic (exact) mass is 323 g/mol. The van der Waals surface area contributed by atoms with Crippen LogP contribution in [-0.2, 0) is 11.2 Å². The van der Waals surface area contributed by atoms with Crippen molar-refractivity contribution in [3.8, 4) is 11.1 Å². The van der Waals surface area contributed by atoms with E-state index in [1.807, 2.05) is 37.3 Å². The van der Waals surface area contributed by atoms with Crippen LogP contribution in [0.2, 0.25) is 13.1 Å². The van der Waals surface area contributed by atoms with E-state index in [0.29, 0.717) is 12.2 Å². The Morgan fingerprint density at radius 1 is 1.17 bits per heavy atom. The van der Waals surface area contributed by atoms with E-state index in [2.05, 4.69) is 37.9 Å². The highest BCUT2D eigenvalue weighted by molar-refractivity contribution is 6.72. The van der Waals surface area contributed by atoms with Gasteiger partial charge in [0.05, 0.1) is 21.0 Å². The first kappa shape index (κ1) is 17.2. The lowest BCUT2D eigenvalue weighted by molar-refractivity contribution is 0.0526. The van der Waals surface area contributed by atoms with Gasteiger partial charge in [-0.15, -0.1) is 6.58 Å². The first-order chi connectivity index (χ1) is 11.1. The van der Waals surface area contributed by atoms with E-state index in [1.165, 1.54) is 16.3 Å². The van der Waals surface area contributed by atoms with Crippen LogP contribution < -0.4 is 5.19 Å². The Labute approximate surface area is 140 Å². The minimum absolute atomic E-state index is 0.267. The summed E-state index contributed by atoms with van der Waals surface area (Å²) in [6.07, 6.45) is 2.83. The van der Waals surface area contributed by atoms with Crippen LogP contribution >= 0.6 is 0 Å². The zero-order valence-corrected chi connectivity index (χ0v) is 15.1. The standard InChI is InChI=1S/C20H23O2Si/c1-5-7-15-8-13-18(19(14-15)23(3)4)16-9-11-17(12-10-16)20(21)22-6-2/h5,8-14H,1,6-7H2,2-4H3. The molecule has 0 aliphatic carbocycles. The van der Waals surface area contributed by atoms with Gasteiger partial charge in [0.1, 0.15) is 0 Å². The first-order valence-corrected chi connectivity index (χ1v) is 10.4. The molecule has 0 aliphatic rings. The Hall–Kier alpha value is -2.13. The third-order valence-electron chi connectivity index (χ3n) is 3.71. The summed E-state index contributed by atoms with van der Waals surface area (Å²) in [6, 6.07) is 14.3. The normalized spacial score (nSPS) is 10.6. The highest BCUT2D eigenvalue weighted by Crippen LogP contribution is 2.20. The summed E-state index contributed by atoms with van der Waals surface area (Å²) in [5.41, 5.74) is 4.29. The molecule has 0 fully saturated rings. The fourth-order valence-electron chi connectivity index (χ4n) is 2.55.